The predicted molar refractivity (Wildman–Crippen MR) is 70.5 cm³/mol. The van der Waals surface area contributed by atoms with Gasteiger partial charge in [0.2, 0.25) is 0 Å². The van der Waals surface area contributed by atoms with Gasteiger partial charge in [-0.25, -0.2) is 9.78 Å². The zero-order chi connectivity index (χ0) is 14.0. The van der Waals surface area contributed by atoms with E-state index < -0.39 is 5.97 Å². The Morgan fingerprint density at radius 3 is 2.74 bits per heavy atom. The Kier molecular flexibility index (Phi) is 3.66. The number of rotatable bonds is 4. The molecule has 0 bridgehead atoms. The molecule has 0 unspecified atom stereocenters. The smallest absolute Gasteiger partial charge is 0.352 e. The Bertz CT molecular complexity index is 616. The molecule has 0 radical (unpaired) electrons. The molecule has 0 aliphatic heterocycles. The van der Waals surface area contributed by atoms with Gasteiger partial charge in [-0.15, -0.1) is 11.3 Å². The molecule has 0 aliphatic carbocycles. The minimum atomic E-state index is -1.07. The summed E-state index contributed by atoms with van der Waals surface area (Å²) in [5, 5.41) is 13.6. The fourth-order valence-electron chi connectivity index (χ4n) is 1.89. The summed E-state index contributed by atoms with van der Waals surface area (Å²) in [5.41, 5.74) is 3.90. The Labute approximate surface area is 113 Å². The Morgan fingerprint density at radius 2 is 2.21 bits per heavy atom. The number of aryl methyl sites for hydroxylation is 1. The third-order valence-electron chi connectivity index (χ3n) is 2.79. The molecule has 3 N–H and O–H groups in total. The van der Waals surface area contributed by atoms with Crippen LogP contribution in [0, 0.1) is 13.8 Å². The number of H-pyrrole nitrogens is 1. The second-order valence-electron chi connectivity index (χ2n) is 4.09. The maximum Gasteiger partial charge on any atom is 0.352 e. The van der Waals surface area contributed by atoms with Gasteiger partial charge >= 0.3 is 5.97 Å². The number of aromatic carboxylic acids is 1. The first-order valence-corrected chi connectivity index (χ1v) is 6.52. The van der Waals surface area contributed by atoms with Crippen LogP contribution in [0.1, 0.15) is 37.8 Å². The summed E-state index contributed by atoms with van der Waals surface area (Å²) in [6.45, 7) is 3.62. The van der Waals surface area contributed by atoms with Gasteiger partial charge in [0, 0.05) is 11.1 Å². The molecule has 0 spiro atoms. The monoisotopic (exact) mass is 279 g/mol. The molecule has 0 aromatic carbocycles. The Hall–Kier alpha value is -2.15. The van der Waals surface area contributed by atoms with Gasteiger partial charge in [-0.1, -0.05) is 0 Å². The van der Waals surface area contributed by atoms with Crippen molar-refractivity contribution in [1.82, 2.24) is 15.3 Å². The van der Waals surface area contributed by atoms with Gasteiger partial charge in [-0.2, -0.15) is 0 Å². The lowest BCUT2D eigenvalue weighted by Gasteiger charge is -2.04. The lowest BCUT2D eigenvalue weighted by Crippen LogP contribution is -2.24. The van der Waals surface area contributed by atoms with E-state index in [2.05, 4.69) is 15.3 Å². The number of nitrogens with zero attached hydrogens (tertiary/aromatic N) is 1. The van der Waals surface area contributed by atoms with Gasteiger partial charge in [0.15, 0.2) is 0 Å². The van der Waals surface area contributed by atoms with Crippen LogP contribution in [0.3, 0.4) is 0 Å². The van der Waals surface area contributed by atoms with E-state index in [9.17, 15) is 9.59 Å². The third kappa shape index (κ3) is 2.65. The van der Waals surface area contributed by atoms with Crippen molar-refractivity contribution >= 4 is 23.2 Å². The van der Waals surface area contributed by atoms with Gasteiger partial charge < -0.3 is 15.4 Å². The molecule has 100 valence electrons. The maximum absolute atomic E-state index is 12.1. The van der Waals surface area contributed by atoms with Gasteiger partial charge in [0.05, 0.1) is 23.3 Å². The molecule has 2 heterocycles. The first-order valence-electron chi connectivity index (χ1n) is 5.58. The highest BCUT2D eigenvalue weighted by molar-refractivity contribution is 7.07. The fourth-order valence-corrected chi connectivity index (χ4v) is 2.45. The molecular weight excluding hydrogens is 266 g/mol. The topological polar surface area (TPSA) is 95.1 Å². The average molecular weight is 279 g/mol. The minimum absolute atomic E-state index is 0.0521. The molecule has 0 saturated heterocycles. The predicted octanol–water partition coefficient (Wildman–Crippen LogP) is 1.72. The van der Waals surface area contributed by atoms with E-state index in [-0.39, 0.29) is 11.6 Å². The number of carbonyl (C=O) groups is 2. The quantitative estimate of drug-likeness (QED) is 0.794. The summed E-state index contributed by atoms with van der Waals surface area (Å²) in [7, 11) is 0. The highest BCUT2D eigenvalue weighted by Crippen LogP contribution is 2.18. The summed E-state index contributed by atoms with van der Waals surface area (Å²) in [4.78, 5) is 29.8. The van der Waals surface area contributed by atoms with E-state index in [1.165, 1.54) is 11.3 Å². The van der Waals surface area contributed by atoms with Crippen molar-refractivity contribution in [3.63, 3.8) is 0 Å². The van der Waals surface area contributed by atoms with Crippen LogP contribution in [-0.2, 0) is 6.54 Å². The highest BCUT2D eigenvalue weighted by atomic mass is 32.1. The summed E-state index contributed by atoms with van der Waals surface area (Å²) in [6.07, 6.45) is 0. The molecule has 6 nitrogen and oxygen atoms in total. The number of nitrogens with one attached hydrogen (secondary N) is 2. The summed E-state index contributed by atoms with van der Waals surface area (Å²) in [5.74, 6) is -1.37. The summed E-state index contributed by atoms with van der Waals surface area (Å²) >= 11 is 1.46. The average Bonchev–Trinajstić information content (AvgIpc) is 2.94. The lowest BCUT2D eigenvalue weighted by molar-refractivity contribution is 0.0690. The summed E-state index contributed by atoms with van der Waals surface area (Å²) < 4.78 is 0. The zero-order valence-electron chi connectivity index (χ0n) is 10.5. The number of aromatic nitrogens is 2. The third-order valence-corrected chi connectivity index (χ3v) is 3.43. The van der Waals surface area contributed by atoms with Crippen molar-refractivity contribution in [3.05, 3.63) is 39.1 Å². The highest BCUT2D eigenvalue weighted by Gasteiger charge is 2.21. The van der Waals surface area contributed by atoms with Crippen molar-refractivity contribution < 1.29 is 14.7 Å². The van der Waals surface area contributed by atoms with Crippen LogP contribution in [0.25, 0.3) is 0 Å². The molecule has 0 aliphatic rings. The van der Waals surface area contributed by atoms with Crippen molar-refractivity contribution in [2.24, 2.45) is 0 Å². The van der Waals surface area contributed by atoms with E-state index in [4.69, 9.17) is 5.11 Å². The summed E-state index contributed by atoms with van der Waals surface area (Å²) in [6, 6.07) is 0. The van der Waals surface area contributed by atoms with Gasteiger partial charge in [0.1, 0.15) is 5.69 Å². The number of amides is 1. The SMILES string of the molecule is Cc1[nH]c(C(=O)O)c(C)c1C(=O)NCc1cscn1. The number of aromatic amines is 1. The standard InChI is InChI=1S/C12H13N3O3S/c1-6-9(7(2)15-10(6)12(17)18)11(16)13-3-8-4-19-5-14-8/h4-5,15H,3H2,1-2H3,(H,13,16)(H,17,18). The second kappa shape index (κ2) is 5.23. The van der Waals surface area contributed by atoms with E-state index in [1.807, 2.05) is 5.38 Å². The largest absolute Gasteiger partial charge is 0.477 e. The normalized spacial score (nSPS) is 10.4. The van der Waals surface area contributed by atoms with Gasteiger partial charge in [0.25, 0.3) is 5.91 Å². The Balaban J connectivity index is 2.17. The molecule has 7 heteroatoms. The number of hydrogen-bond donors (Lipinski definition) is 3. The first-order chi connectivity index (χ1) is 9.00. The first kappa shape index (κ1) is 13.3. The van der Waals surface area contributed by atoms with E-state index >= 15 is 0 Å². The molecular formula is C12H13N3O3S. The number of carboxylic acids is 1. The zero-order valence-corrected chi connectivity index (χ0v) is 11.3. The molecule has 0 atom stereocenters. The fraction of sp³-hybridized carbons (Fsp3) is 0.250. The molecule has 2 aromatic heterocycles. The number of carboxylic acid groups (broad SMARTS) is 1. The van der Waals surface area contributed by atoms with Crippen LogP contribution in [-0.4, -0.2) is 27.0 Å². The molecule has 19 heavy (non-hydrogen) atoms. The molecule has 0 saturated carbocycles. The van der Waals surface area contributed by atoms with E-state index in [0.29, 0.717) is 23.4 Å². The molecule has 1 amide bonds. The molecule has 2 rings (SSSR count). The molecule has 0 fully saturated rings. The maximum atomic E-state index is 12.1. The van der Waals surface area contributed by atoms with Gasteiger partial charge in [-0.05, 0) is 19.4 Å². The van der Waals surface area contributed by atoms with Crippen LogP contribution in [0.5, 0.6) is 0 Å². The van der Waals surface area contributed by atoms with Crippen LogP contribution in [0.4, 0.5) is 0 Å². The minimum Gasteiger partial charge on any atom is -0.477 e. The second-order valence-corrected chi connectivity index (χ2v) is 4.81. The van der Waals surface area contributed by atoms with Crippen molar-refractivity contribution in [1.29, 1.82) is 0 Å². The van der Waals surface area contributed by atoms with Crippen LogP contribution >= 0.6 is 11.3 Å². The number of carbonyl (C=O) groups excluding carboxylic acids is 1. The van der Waals surface area contributed by atoms with Crippen LogP contribution in [0.2, 0.25) is 0 Å². The Morgan fingerprint density at radius 1 is 1.47 bits per heavy atom. The number of hydrogen-bond acceptors (Lipinski definition) is 4. The van der Waals surface area contributed by atoms with Crippen LogP contribution in [0.15, 0.2) is 10.9 Å². The number of thiazole rings is 1. The molecule has 2 aromatic rings. The van der Waals surface area contributed by atoms with Gasteiger partial charge in [-0.3, -0.25) is 4.79 Å². The van der Waals surface area contributed by atoms with Crippen molar-refractivity contribution in [2.75, 3.05) is 0 Å². The lowest BCUT2D eigenvalue weighted by atomic mass is 10.1. The van der Waals surface area contributed by atoms with Crippen molar-refractivity contribution in [3.8, 4) is 0 Å². The van der Waals surface area contributed by atoms with Crippen molar-refractivity contribution in [2.45, 2.75) is 20.4 Å². The van der Waals surface area contributed by atoms with E-state index in [1.54, 1.807) is 19.4 Å². The van der Waals surface area contributed by atoms with E-state index in [0.717, 1.165) is 5.69 Å². The van der Waals surface area contributed by atoms with Crippen LogP contribution < -0.4 is 5.32 Å².